The summed E-state index contributed by atoms with van der Waals surface area (Å²) in [6, 6.07) is -0.0395. The molecule has 0 spiro atoms. The largest absolute Gasteiger partial charge is 0.393 e. The quantitative estimate of drug-likeness (QED) is 0.679. The van der Waals surface area contributed by atoms with Crippen LogP contribution in [0.1, 0.15) is 39.0 Å². The standard InChI is InChI=1S/C13H24N2O2/c1-9-4-3-7-14-12(9)13(17)15-8-10-5-2-6-11(10)16/h9-12,14,16H,2-8H2,1H3,(H,15,17). The summed E-state index contributed by atoms with van der Waals surface area (Å²) < 4.78 is 0. The van der Waals surface area contributed by atoms with Crippen LogP contribution in [0, 0.1) is 11.8 Å². The number of piperidine rings is 1. The van der Waals surface area contributed by atoms with Gasteiger partial charge in [0, 0.05) is 12.5 Å². The third-order valence-corrected chi connectivity index (χ3v) is 4.21. The number of nitrogens with one attached hydrogen (secondary N) is 2. The number of aliphatic hydroxyl groups is 1. The van der Waals surface area contributed by atoms with E-state index < -0.39 is 0 Å². The predicted octanol–water partition coefficient (Wildman–Crippen LogP) is 0.652. The fourth-order valence-electron chi connectivity index (χ4n) is 3.00. The summed E-state index contributed by atoms with van der Waals surface area (Å²) in [6.45, 7) is 3.69. The molecule has 1 saturated heterocycles. The third kappa shape index (κ3) is 3.19. The highest BCUT2D eigenvalue weighted by molar-refractivity contribution is 5.82. The average molecular weight is 240 g/mol. The Balaban J connectivity index is 1.76. The molecule has 4 atom stereocenters. The first kappa shape index (κ1) is 12.8. The van der Waals surface area contributed by atoms with E-state index in [-0.39, 0.29) is 24.0 Å². The van der Waals surface area contributed by atoms with Gasteiger partial charge in [0.2, 0.25) is 5.91 Å². The number of aliphatic hydroxyl groups excluding tert-OH is 1. The molecule has 2 aliphatic rings. The van der Waals surface area contributed by atoms with Crippen LogP contribution in [-0.2, 0) is 4.79 Å². The SMILES string of the molecule is CC1CCCNC1C(=O)NCC1CCCC1O. The van der Waals surface area contributed by atoms with E-state index in [1.54, 1.807) is 0 Å². The number of rotatable bonds is 3. The molecular formula is C13H24N2O2. The maximum atomic E-state index is 12.0. The Labute approximate surface area is 103 Å². The fraction of sp³-hybridized carbons (Fsp3) is 0.923. The lowest BCUT2D eigenvalue weighted by Gasteiger charge is -2.29. The first-order chi connectivity index (χ1) is 8.18. The van der Waals surface area contributed by atoms with E-state index in [0.717, 1.165) is 38.6 Å². The van der Waals surface area contributed by atoms with Crippen LogP contribution in [0.4, 0.5) is 0 Å². The van der Waals surface area contributed by atoms with Crippen molar-refractivity contribution in [1.29, 1.82) is 0 Å². The van der Waals surface area contributed by atoms with Crippen LogP contribution < -0.4 is 10.6 Å². The number of carbonyl (C=O) groups excluding carboxylic acids is 1. The topological polar surface area (TPSA) is 61.4 Å². The van der Waals surface area contributed by atoms with E-state index in [2.05, 4.69) is 17.6 Å². The summed E-state index contributed by atoms with van der Waals surface area (Å²) in [5.41, 5.74) is 0. The van der Waals surface area contributed by atoms with Crippen molar-refractivity contribution < 1.29 is 9.90 Å². The molecule has 0 aromatic heterocycles. The number of amides is 1. The van der Waals surface area contributed by atoms with Gasteiger partial charge in [0.05, 0.1) is 12.1 Å². The molecule has 0 aromatic rings. The van der Waals surface area contributed by atoms with Gasteiger partial charge in [-0.3, -0.25) is 4.79 Å². The van der Waals surface area contributed by atoms with E-state index >= 15 is 0 Å². The van der Waals surface area contributed by atoms with Crippen molar-refractivity contribution in [1.82, 2.24) is 10.6 Å². The normalized spacial score (nSPS) is 38.0. The van der Waals surface area contributed by atoms with Crippen LogP contribution in [0.3, 0.4) is 0 Å². The maximum Gasteiger partial charge on any atom is 0.237 e. The summed E-state index contributed by atoms with van der Waals surface area (Å²) in [7, 11) is 0. The number of hydrogen-bond acceptors (Lipinski definition) is 3. The van der Waals surface area contributed by atoms with E-state index in [9.17, 15) is 9.90 Å². The van der Waals surface area contributed by atoms with Crippen molar-refractivity contribution in [3.05, 3.63) is 0 Å². The molecule has 1 saturated carbocycles. The summed E-state index contributed by atoms with van der Waals surface area (Å²) in [5, 5.41) is 16.0. The van der Waals surface area contributed by atoms with Crippen LogP contribution in [0.15, 0.2) is 0 Å². The minimum absolute atomic E-state index is 0.0395. The minimum atomic E-state index is -0.216. The summed E-state index contributed by atoms with van der Waals surface area (Å²) in [5.74, 6) is 0.784. The van der Waals surface area contributed by atoms with Crippen LogP contribution in [0.25, 0.3) is 0 Å². The van der Waals surface area contributed by atoms with E-state index in [1.807, 2.05) is 0 Å². The molecule has 0 aromatic carbocycles. The summed E-state index contributed by atoms with van der Waals surface area (Å²) >= 11 is 0. The van der Waals surface area contributed by atoms with Crippen molar-refractivity contribution in [2.45, 2.75) is 51.2 Å². The second-order valence-electron chi connectivity index (χ2n) is 5.55. The maximum absolute atomic E-state index is 12.0. The molecule has 2 rings (SSSR count). The molecule has 4 nitrogen and oxygen atoms in total. The third-order valence-electron chi connectivity index (χ3n) is 4.21. The van der Waals surface area contributed by atoms with Crippen molar-refractivity contribution >= 4 is 5.91 Å². The zero-order valence-electron chi connectivity index (χ0n) is 10.6. The van der Waals surface area contributed by atoms with Crippen molar-refractivity contribution in [3.63, 3.8) is 0 Å². The lowest BCUT2D eigenvalue weighted by molar-refractivity contribution is -0.125. The molecule has 2 fully saturated rings. The molecule has 1 heterocycles. The molecule has 98 valence electrons. The van der Waals surface area contributed by atoms with Crippen LogP contribution in [-0.4, -0.2) is 36.2 Å². The van der Waals surface area contributed by atoms with Crippen LogP contribution in [0.2, 0.25) is 0 Å². The Kier molecular flexibility index (Phi) is 4.40. The van der Waals surface area contributed by atoms with Gasteiger partial charge in [-0.25, -0.2) is 0 Å². The Bertz CT molecular complexity index is 270. The molecule has 1 amide bonds. The second kappa shape index (κ2) is 5.83. The van der Waals surface area contributed by atoms with Gasteiger partial charge in [-0.1, -0.05) is 13.3 Å². The molecule has 0 bridgehead atoms. The second-order valence-corrected chi connectivity index (χ2v) is 5.55. The van der Waals surface area contributed by atoms with Crippen molar-refractivity contribution in [3.8, 4) is 0 Å². The molecular weight excluding hydrogens is 216 g/mol. The van der Waals surface area contributed by atoms with Crippen LogP contribution >= 0.6 is 0 Å². The molecule has 1 aliphatic heterocycles. The van der Waals surface area contributed by atoms with Gasteiger partial charge < -0.3 is 15.7 Å². The molecule has 17 heavy (non-hydrogen) atoms. The minimum Gasteiger partial charge on any atom is -0.393 e. The van der Waals surface area contributed by atoms with Gasteiger partial charge in [-0.15, -0.1) is 0 Å². The van der Waals surface area contributed by atoms with Crippen molar-refractivity contribution in [2.24, 2.45) is 11.8 Å². The lowest BCUT2D eigenvalue weighted by Crippen LogP contribution is -2.51. The highest BCUT2D eigenvalue weighted by Crippen LogP contribution is 2.24. The Morgan fingerprint density at radius 1 is 1.35 bits per heavy atom. The summed E-state index contributed by atoms with van der Waals surface area (Å²) in [4.78, 5) is 12.0. The Hall–Kier alpha value is -0.610. The van der Waals surface area contributed by atoms with Crippen LogP contribution in [0.5, 0.6) is 0 Å². The van der Waals surface area contributed by atoms with Gasteiger partial charge in [0.1, 0.15) is 0 Å². The lowest BCUT2D eigenvalue weighted by atomic mass is 9.92. The molecule has 1 aliphatic carbocycles. The highest BCUT2D eigenvalue weighted by atomic mass is 16.3. The first-order valence-electron chi connectivity index (χ1n) is 6.87. The van der Waals surface area contributed by atoms with E-state index in [0.29, 0.717) is 12.5 Å². The van der Waals surface area contributed by atoms with E-state index in [1.165, 1.54) is 0 Å². The van der Waals surface area contributed by atoms with Gasteiger partial charge >= 0.3 is 0 Å². The Morgan fingerprint density at radius 2 is 2.18 bits per heavy atom. The zero-order chi connectivity index (χ0) is 12.3. The van der Waals surface area contributed by atoms with E-state index in [4.69, 9.17) is 0 Å². The highest BCUT2D eigenvalue weighted by Gasteiger charge is 2.29. The van der Waals surface area contributed by atoms with Gasteiger partial charge in [0.25, 0.3) is 0 Å². The van der Waals surface area contributed by atoms with Gasteiger partial charge in [-0.05, 0) is 38.1 Å². The van der Waals surface area contributed by atoms with Gasteiger partial charge in [0.15, 0.2) is 0 Å². The monoisotopic (exact) mass is 240 g/mol. The van der Waals surface area contributed by atoms with Crippen molar-refractivity contribution in [2.75, 3.05) is 13.1 Å². The fourth-order valence-corrected chi connectivity index (χ4v) is 3.00. The predicted molar refractivity (Wildman–Crippen MR) is 66.5 cm³/mol. The number of hydrogen-bond donors (Lipinski definition) is 3. The molecule has 4 unspecified atom stereocenters. The van der Waals surface area contributed by atoms with Gasteiger partial charge in [-0.2, -0.15) is 0 Å². The zero-order valence-corrected chi connectivity index (χ0v) is 10.6. The summed E-state index contributed by atoms with van der Waals surface area (Å²) in [6.07, 6.45) is 5.07. The molecule has 3 N–H and O–H groups in total. The first-order valence-corrected chi connectivity index (χ1v) is 6.87. The number of carbonyl (C=O) groups is 1. The average Bonchev–Trinajstić information content (AvgIpc) is 2.72. The molecule has 4 heteroatoms. The smallest absolute Gasteiger partial charge is 0.237 e. The molecule has 0 radical (unpaired) electrons. The Morgan fingerprint density at radius 3 is 2.82 bits per heavy atom.